The maximum atomic E-state index is 3.21. The molecule has 0 aromatic carbocycles. The van der Waals surface area contributed by atoms with E-state index in [0.717, 1.165) is 6.54 Å². The fourth-order valence-electron chi connectivity index (χ4n) is 2.75. The number of hydrogen-bond donors (Lipinski definition) is 1. The van der Waals surface area contributed by atoms with Gasteiger partial charge in [-0.15, -0.1) is 0 Å². The average molecular weight is 224 g/mol. The molecule has 0 atom stereocenters. The molecule has 94 valence electrons. The van der Waals surface area contributed by atoms with E-state index in [4.69, 9.17) is 0 Å². The summed E-state index contributed by atoms with van der Waals surface area (Å²) in [5, 5.41) is 3.21. The zero-order valence-electron chi connectivity index (χ0n) is 11.3. The molecule has 0 unspecified atom stereocenters. The highest BCUT2D eigenvalue weighted by Gasteiger charge is 2.33. The monoisotopic (exact) mass is 224 g/mol. The molecule has 1 aliphatic carbocycles. The number of nitrogens with one attached hydrogen (secondary N) is 1. The van der Waals surface area contributed by atoms with Crippen LogP contribution in [0, 0.1) is 0 Å². The molecule has 0 aliphatic heterocycles. The lowest BCUT2D eigenvalue weighted by Gasteiger charge is -2.39. The lowest BCUT2D eigenvalue weighted by molar-refractivity contribution is 0.116. The fourth-order valence-corrected chi connectivity index (χ4v) is 2.75. The van der Waals surface area contributed by atoms with Crippen LogP contribution >= 0.6 is 0 Å². The molecule has 0 spiro atoms. The molecule has 16 heavy (non-hydrogen) atoms. The predicted molar refractivity (Wildman–Crippen MR) is 71.8 cm³/mol. The van der Waals surface area contributed by atoms with Gasteiger partial charge in [-0.1, -0.05) is 25.5 Å². The second-order valence-electron chi connectivity index (χ2n) is 5.09. The van der Waals surface area contributed by atoms with Crippen LogP contribution in [0.15, 0.2) is 12.2 Å². The molecule has 2 heteroatoms. The zero-order valence-corrected chi connectivity index (χ0v) is 11.3. The van der Waals surface area contributed by atoms with E-state index < -0.39 is 0 Å². The fraction of sp³-hybridized carbons (Fsp3) is 0.857. The summed E-state index contributed by atoms with van der Waals surface area (Å²) in [6.07, 6.45) is 12.5. The van der Waals surface area contributed by atoms with Gasteiger partial charge >= 0.3 is 0 Å². The Bertz CT molecular complexity index is 203. The molecule has 0 amide bonds. The van der Waals surface area contributed by atoms with Crippen LogP contribution in [0.1, 0.15) is 45.4 Å². The Hall–Kier alpha value is -0.340. The molecule has 0 bridgehead atoms. The first kappa shape index (κ1) is 13.7. The summed E-state index contributed by atoms with van der Waals surface area (Å²) in [5.41, 5.74) is 0.453. The van der Waals surface area contributed by atoms with Gasteiger partial charge in [0.15, 0.2) is 0 Å². The largest absolute Gasteiger partial charge is 0.320 e. The third-order valence-corrected chi connectivity index (χ3v) is 3.86. The lowest BCUT2D eigenvalue weighted by atomic mass is 9.89. The standard InChI is InChI=1S/C14H28N2/c1-4-9-14(10-5-6-11-14)16(3)13-8-7-12-15-2/h5-6,15H,4,7-13H2,1-3H3. The highest BCUT2D eigenvalue weighted by Crippen LogP contribution is 2.34. The molecule has 0 heterocycles. The van der Waals surface area contributed by atoms with Crippen LogP contribution in [0.2, 0.25) is 0 Å². The first-order valence-electron chi connectivity index (χ1n) is 6.76. The van der Waals surface area contributed by atoms with Crippen molar-refractivity contribution >= 4 is 0 Å². The molecule has 1 rings (SSSR count). The van der Waals surface area contributed by atoms with Gasteiger partial charge in [-0.3, -0.25) is 0 Å². The summed E-state index contributed by atoms with van der Waals surface area (Å²) in [5.74, 6) is 0. The number of unbranched alkanes of at least 4 members (excludes halogenated alkanes) is 1. The predicted octanol–water partition coefficient (Wildman–Crippen LogP) is 2.81. The van der Waals surface area contributed by atoms with E-state index in [0.29, 0.717) is 5.54 Å². The van der Waals surface area contributed by atoms with E-state index in [1.54, 1.807) is 0 Å². The van der Waals surface area contributed by atoms with E-state index in [2.05, 4.69) is 36.3 Å². The summed E-state index contributed by atoms with van der Waals surface area (Å²) in [6.45, 7) is 4.69. The average Bonchev–Trinajstić information content (AvgIpc) is 2.74. The Morgan fingerprint density at radius 1 is 1.25 bits per heavy atom. The van der Waals surface area contributed by atoms with Crippen molar-refractivity contribution in [3.05, 3.63) is 12.2 Å². The van der Waals surface area contributed by atoms with Gasteiger partial charge in [0, 0.05) is 5.54 Å². The maximum absolute atomic E-state index is 3.21. The second-order valence-corrected chi connectivity index (χ2v) is 5.09. The second kappa shape index (κ2) is 7.08. The number of hydrogen-bond acceptors (Lipinski definition) is 2. The third-order valence-electron chi connectivity index (χ3n) is 3.86. The molecule has 0 radical (unpaired) electrons. The van der Waals surface area contributed by atoms with Crippen LogP contribution in [0.25, 0.3) is 0 Å². The van der Waals surface area contributed by atoms with Crippen molar-refractivity contribution in [2.24, 2.45) is 0 Å². The Kier molecular flexibility index (Phi) is 6.07. The van der Waals surface area contributed by atoms with Gasteiger partial charge in [-0.2, -0.15) is 0 Å². The highest BCUT2D eigenvalue weighted by molar-refractivity contribution is 5.08. The third kappa shape index (κ3) is 3.60. The van der Waals surface area contributed by atoms with Crippen LogP contribution in [0.4, 0.5) is 0 Å². The van der Waals surface area contributed by atoms with Crippen molar-refractivity contribution < 1.29 is 0 Å². The Labute approximate surface area is 101 Å². The molecule has 0 saturated carbocycles. The van der Waals surface area contributed by atoms with Crippen LogP contribution in [-0.4, -0.2) is 37.6 Å². The van der Waals surface area contributed by atoms with E-state index >= 15 is 0 Å². The van der Waals surface area contributed by atoms with E-state index in [-0.39, 0.29) is 0 Å². The van der Waals surface area contributed by atoms with Gasteiger partial charge in [0.2, 0.25) is 0 Å². The van der Waals surface area contributed by atoms with Crippen LogP contribution in [-0.2, 0) is 0 Å². The minimum atomic E-state index is 0.453. The molecule has 0 aromatic rings. The zero-order chi connectivity index (χ0) is 11.9. The van der Waals surface area contributed by atoms with Crippen LogP contribution in [0.3, 0.4) is 0 Å². The summed E-state index contributed by atoms with van der Waals surface area (Å²) in [6, 6.07) is 0. The lowest BCUT2D eigenvalue weighted by Crippen LogP contribution is -2.44. The summed E-state index contributed by atoms with van der Waals surface area (Å²) < 4.78 is 0. The van der Waals surface area contributed by atoms with E-state index in [1.165, 1.54) is 45.1 Å². The normalized spacial score (nSPS) is 18.5. The maximum Gasteiger partial charge on any atom is 0.0275 e. The first-order chi connectivity index (χ1) is 7.75. The van der Waals surface area contributed by atoms with Gasteiger partial charge in [0.05, 0.1) is 0 Å². The van der Waals surface area contributed by atoms with Gasteiger partial charge < -0.3 is 10.2 Å². The molecular formula is C14H28N2. The number of nitrogens with zero attached hydrogens (tertiary/aromatic N) is 1. The minimum Gasteiger partial charge on any atom is -0.320 e. The Morgan fingerprint density at radius 3 is 2.50 bits per heavy atom. The van der Waals surface area contributed by atoms with E-state index in [1.807, 2.05) is 7.05 Å². The smallest absolute Gasteiger partial charge is 0.0275 e. The SMILES string of the molecule is CCCC1(N(C)CCCCNC)CC=CC1. The van der Waals surface area contributed by atoms with Gasteiger partial charge in [-0.25, -0.2) is 0 Å². The van der Waals surface area contributed by atoms with Crippen molar-refractivity contribution in [2.75, 3.05) is 27.2 Å². The molecule has 1 aliphatic rings. The summed E-state index contributed by atoms with van der Waals surface area (Å²) >= 11 is 0. The molecule has 2 nitrogen and oxygen atoms in total. The number of rotatable bonds is 8. The summed E-state index contributed by atoms with van der Waals surface area (Å²) in [7, 11) is 4.34. The first-order valence-corrected chi connectivity index (χ1v) is 6.76. The highest BCUT2D eigenvalue weighted by atomic mass is 15.2. The van der Waals surface area contributed by atoms with Crippen molar-refractivity contribution in [1.29, 1.82) is 0 Å². The van der Waals surface area contributed by atoms with Crippen molar-refractivity contribution in [1.82, 2.24) is 10.2 Å². The molecule has 0 saturated heterocycles. The van der Waals surface area contributed by atoms with Gasteiger partial charge in [0.25, 0.3) is 0 Å². The van der Waals surface area contributed by atoms with Crippen molar-refractivity contribution in [3.8, 4) is 0 Å². The van der Waals surface area contributed by atoms with Gasteiger partial charge in [0.1, 0.15) is 0 Å². The van der Waals surface area contributed by atoms with Gasteiger partial charge in [-0.05, 0) is 59.3 Å². The topological polar surface area (TPSA) is 15.3 Å². The molecule has 0 aromatic heterocycles. The molecule has 1 N–H and O–H groups in total. The van der Waals surface area contributed by atoms with Crippen molar-refractivity contribution in [3.63, 3.8) is 0 Å². The molecular weight excluding hydrogens is 196 g/mol. The van der Waals surface area contributed by atoms with E-state index in [9.17, 15) is 0 Å². The Balaban J connectivity index is 2.33. The minimum absolute atomic E-state index is 0.453. The molecule has 0 fully saturated rings. The Morgan fingerprint density at radius 2 is 1.94 bits per heavy atom. The van der Waals surface area contributed by atoms with Crippen molar-refractivity contribution in [2.45, 2.75) is 51.0 Å². The van der Waals surface area contributed by atoms with Crippen LogP contribution in [0.5, 0.6) is 0 Å². The van der Waals surface area contributed by atoms with Crippen LogP contribution < -0.4 is 5.32 Å². The summed E-state index contributed by atoms with van der Waals surface area (Å²) in [4.78, 5) is 2.60. The quantitative estimate of drug-likeness (QED) is 0.504.